The normalized spacial score (nSPS) is 12.0. The molecule has 21 heavy (non-hydrogen) atoms. The molecule has 1 atom stereocenters. The number of amides is 1. The predicted molar refractivity (Wildman–Crippen MR) is 76.2 cm³/mol. The number of nitrogens with zero attached hydrogens (tertiary/aromatic N) is 1. The van der Waals surface area contributed by atoms with Crippen molar-refractivity contribution in [2.24, 2.45) is 5.92 Å². The molecule has 2 N–H and O–H groups in total. The van der Waals surface area contributed by atoms with E-state index in [2.05, 4.69) is 5.32 Å². The van der Waals surface area contributed by atoms with E-state index >= 15 is 0 Å². The number of nitro benzene ring substituents is 1. The van der Waals surface area contributed by atoms with Gasteiger partial charge in [-0.25, -0.2) is 4.79 Å². The Kier molecular flexibility index (Phi) is 5.40. The van der Waals surface area contributed by atoms with Crippen molar-refractivity contribution in [3.63, 3.8) is 0 Å². The van der Waals surface area contributed by atoms with Crippen LogP contribution in [-0.4, -0.2) is 27.9 Å². The van der Waals surface area contributed by atoms with Crippen LogP contribution in [0.4, 0.5) is 5.69 Å². The van der Waals surface area contributed by atoms with E-state index in [0.717, 1.165) is 0 Å². The molecular formula is C14H18N2O5. The average Bonchev–Trinajstić information content (AvgIpc) is 2.36. The lowest BCUT2D eigenvalue weighted by molar-refractivity contribution is -0.384. The molecule has 0 saturated heterocycles. The Labute approximate surface area is 122 Å². The number of carboxylic acid groups (broad SMARTS) is 1. The van der Waals surface area contributed by atoms with Gasteiger partial charge < -0.3 is 10.4 Å². The number of benzene rings is 1. The van der Waals surface area contributed by atoms with Gasteiger partial charge in [0.25, 0.3) is 11.6 Å². The number of nitro groups is 1. The van der Waals surface area contributed by atoms with Crippen molar-refractivity contribution in [3.05, 3.63) is 39.4 Å². The lowest BCUT2D eigenvalue weighted by Crippen LogP contribution is -2.41. The molecule has 7 nitrogen and oxygen atoms in total. The average molecular weight is 294 g/mol. The van der Waals surface area contributed by atoms with Crippen LogP contribution in [0.3, 0.4) is 0 Å². The molecule has 0 aromatic heterocycles. The van der Waals surface area contributed by atoms with E-state index in [-0.39, 0.29) is 17.2 Å². The summed E-state index contributed by atoms with van der Waals surface area (Å²) in [6.45, 7) is 5.29. The van der Waals surface area contributed by atoms with Gasteiger partial charge in [-0.05, 0) is 30.9 Å². The summed E-state index contributed by atoms with van der Waals surface area (Å²) in [5.41, 5.74) is 0.548. The minimum atomic E-state index is -1.10. The highest BCUT2D eigenvalue weighted by atomic mass is 16.6. The summed E-state index contributed by atoms with van der Waals surface area (Å²) in [7, 11) is 0. The van der Waals surface area contributed by atoms with Crippen LogP contribution < -0.4 is 5.32 Å². The second kappa shape index (κ2) is 6.83. The Morgan fingerprint density at radius 3 is 2.43 bits per heavy atom. The molecular weight excluding hydrogens is 276 g/mol. The molecule has 1 rings (SSSR count). The van der Waals surface area contributed by atoms with E-state index < -0.39 is 22.8 Å². The highest BCUT2D eigenvalue weighted by molar-refractivity contribution is 5.98. The van der Waals surface area contributed by atoms with Gasteiger partial charge in [-0.1, -0.05) is 13.8 Å². The number of carbonyl (C=O) groups is 2. The summed E-state index contributed by atoms with van der Waals surface area (Å²) in [5, 5.41) is 22.2. The Balaban J connectivity index is 2.92. The minimum absolute atomic E-state index is 0.110. The number of carboxylic acids is 1. The van der Waals surface area contributed by atoms with Crippen molar-refractivity contribution in [3.8, 4) is 0 Å². The van der Waals surface area contributed by atoms with E-state index in [0.29, 0.717) is 12.0 Å². The number of hydrogen-bond acceptors (Lipinski definition) is 4. The maximum atomic E-state index is 12.1. The van der Waals surface area contributed by atoms with Crippen molar-refractivity contribution in [2.45, 2.75) is 33.2 Å². The Morgan fingerprint density at radius 2 is 2.00 bits per heavy atom. The molecule has 0 aliphatic rings. The summed E-state index contributed by atoms with van der Waals surface area (Å²) in [6.07, 6.45) is 0.313. The zero-order valence-corrected chi connectivity index (χ0v) is 12.1. The second-order valence-corrected chi connectivity index (χ2v) is 5.25. The van der Waals surface area contributed by atoms with Crippen LogP contribution in [0.2, 0.25) is 0 Å². The number of carbonyl (C=O) groups excluding carboxylic acids is 1. The molecule has 0 spiro atoms. The number of aryl methyl sites for hydroxylation is 1. The number of hydrogen-bond donors (Lipinski definition) is 2. The van der Waals surface area contributed by atoms with E-state index in [1.54, 1.807) is 6.92 Å². The lowest BCUT2D eigenvalue weighted by atomic mass is 10.0. The molecule has 1 amide bonds. The molecule has 114 valence electrons. The molecule has 1 aromatic rings. The van der Waals surface area contributed by atoms with Gasteiger partial charge in [0.1, 0.15) is 6.04 Å². The smallest absolute Gasteiger partial charge is 0.326 e. The molecule has 0 saturated carbocycles. The molecule has 0 aliphatic heterocycles. The van der Waals surface area contributed by atoms with Gasteiger partial charge in [0, 0.05) is 17.7 Å². The molecule has 0 radical (unpaired) electrons. The summed E-state index contributed by atoms with van der Waals surface area (Å²) in [5.74, 6) is -1.53. The second-order valence-electron chi connectivity index (χ2n) is 5.25. The van der Waals surface area contributed by atoms with Crippen molar-refractivity contribution in [1.82, 2.24) is 5.32 Å². The first-order valence-corrected chi connectivity index (χ1v) is 6.51. The van der Waals surface area contributed by atoms with E-state index in [1.807, 2.05) is 13.8 Å². The van der Waals surface area contributed by atoms with Gasteiger partial charge in [0.2, 0.25) is 0 Å². The molecule has 0 aliphatic carbocycles. The molecule has 0 unspecified atom stereocenters. The highest BCUT2D eigenvalue weighted by Crippen LogP contribution is 2.17. The van der Waals surface area contributed by atoms with Crippen LogP contribution in [0.1, 0.15) is 36.2 Å². The standard InChI is InChI=1S/C14H18N2O5/c1-8(2)6-12(14(18)19)15-13(17)11-5-4-10(16(20)21)7-9(11)3/h4-5,7-8,12H,6H2,1-3H3,(H,15,17)(H,18,19)/t12-/m1/s1. The number of non-ortho nitro benzene ring substituents is 1. The maximum absolute atomic E-state index is 12.1. The van der Waals surface area contributed by atoms with E-state index in [1.165, 1.54) is 18.2 Å². The van der Waals surface area contributed by atoms with Crippen LogP contribution >= 0.6 is 0 Å². The lowest BCUT2D eigenvalue weighted by Gasteiger charge is -2.17. The third-order valence-electron chi connectivity index (χ3n) is 2.98. The minimum Gasteiger partial charge on any atom is -0.480 e. The molecule has 0 heterocycles. The summed E-state index contributed by atoms with van der Waals surface area (Å²) in [4.78, 5) is 33.3. The van der Waals surface area contributed by atoms with Crippen molar-refractivity contribution in [2.75, 3.05) is 0 Å². The highest BCUT2D eigenvalue weighted by Gasteiger charge is 2.23. The first kappa shape index (κ1) is 16.6. The van der Waals surface area contributed by atoms with Crippen LogP contribution in [0.25, 0.3) is 0 Å². The largest absolute Gasteiger partial charge is 0.480 e. The fourth-order valence-corrected chi connectivity index (χ4v) is 1.95. The van der Waals surface area contributed by atoms with E-state index in [9.17, 15) is 19.7 Å². The van der Waals surface area contributed by atoms with Crippen molar-refractivity contribution in [1.29, 1.82) is 0 Å². The number of aliphatic carboxylic acids is 1. The first-order valence-electron chi connectivity index (χ1n) is 6.51. The number of nitrogens with one attached hydrogen (secondary N) is 1. The fraction of sp³-hybridized carbons (Fsp3) is 0.429. The molecule has 7 heteroatoms. The third-order valence-corrected chi connectivity index (χ3v) is 2.98. The van der Waals surface area contributed by atoms with Gasteiger partial charge >= 0.3 is 5.97 Å². The zero-order chi connectivity index (χ0) is 16.2. The van der Waals surface area contributed by atoms with Crippen LogP contribution in [0.15, 0.2) is 18.2 Å². The van der Waals surface area contributed by atoms with E-state index in [4.69, 9.17) is 5.11 Å². The topological polar surface area (TPSA) is 110 Å². The van der Waals surface area contributed by atoms with Gasteiger partial charge in [-0.3, -0.25) is 14.9 Å². The maximum Gasteiger partial charge on any atom is 0.326 e. The Morgan fingerprint density at radius 1 is 1.38 bits per heavy atom. The van der Waals surface area contributed by atoms with Crippen molar-refractivity contribution >= 4 is 17.6 Å². The summed E-state index contributed by atoms with van der Waals surface area (Å²) in [6, 6.07) is 2.86. The fourth-order valence-electron chi connectivity index (χ4n) is 1.95. The summed E-state index contributed by atoms with van der Waals surface area (Å²) < 4.78 is 0. The summed E-state index contributed by atoms with van der Waals surface area (Å²) >= 11 is 0. The van der Waals surface area contributed by atoms with Crippen LogP contribution in [0, 0.1) is 23.0 Å². The SMILES string of the molecule is Cc1cc([N+](=O)[O-])ccc1C(=O)N[C@H](CC(C)C)C(=O)O. The quantitative estimate of drug-likeness (QED) is 0.617. The van der Waals surface area contributed by atoms with Gasteiger partial charge in [0.15, 0.2) is 0 Å². The predicted octanol–water partition coefficient (Wildman–Crippen LogP) is 2.13. The van der Waals surface area contributed by atoms with Crippen LogP contribution in [0.5, 0.6) is 0 Å². The zero-order valence-electron chi connectivity index (χ0n) is 12.1. The van der Waals surface area contributed by atoms with Crippen LogP contribution in [-0.2, 0) is 4.79 Å². The van der Waals surface area contributed by atoms with Gasteiger partial charge in [-0.15, -0.1) is 0 Å². The Bertz CT molecular complexity index is 568. The third kappa shape index (κ3) is 4.55. The Hall–Kier alpha value is -2.44. The first-order chi connectivity index (χ1) is 9.72. The van der Waals surface area contributed by atoms with Gasteiger partial charge in [-0.2, -0.15) is 0 Å². The van der Waals surface area contributed by atoms with Gasteiger partial charge in [0.05, 0.1) is 4.92 Å². The molecule has 0 bridgehead atoms. The molecule has 1 aromatic carbocycles. The number of rotatable bonds is 6. The van der Waals surface area contributed by atoms with Crippen molar-refractivity contribution < 1.29 is 19.6 Å². The monoisotopic (exact) mass is 294 g/mol. The molecule has 0 fully saturated rings.